The van der Waals surface area contributed by atoms with Gasteiger partial charge in [0.15, 0.2) is 0 Å². The van der Waals surface area contributed by atoms with Gasteiger partial charge in [-0.2, -0.15) is 13.2 Å². The molecular weight excluding hydrogens is 383 g/mol. The summed E-state index contributed by atoms with van der Waals surface area (Å²) in [6.45, 7) is 5.92. The smallest absolute Gasteiger partial charge is 0.389 e. The van der Waals surface area contributed by atoms with E-state index < -0.39 is 18.8 Å². The molecule has 2 heterocycles. The first-order valence-corrected chi connectivity index (χ1v) is 10.2. The topological polar surface area (TPSA) is 49.7 Å². The van der Waals surface area contributed by atoms with E-state index in [1.54, 1.807) is 19.1 Å². The maximum Gasteiger partial charge on any atom is 0.406 e. The number of piperidine rings is 1. The number of aliphatic hydroxyl groups is 1. The lowest BCUT2D eigenvalue weighted by Crippen LogP contribution is -2.43. The van der Waals surface area contributed by atoms with E-state index in [0.717, 1.165) is 37.0 Å². The molecule has 1 unspecified atom stereocenters. The Morgan fingerprint density at radius 2 is 2.00 bits per heavy atom. The Hall–Kier alpha value is -1.77. The van der Waals surface area contributed by atoms with E-state index in [4.69, 9.17) is 4.74 Å². The van der Waals surface area contributed by atoms with Crippen LogP contribution in [0.15, 0.2) is 24.3 Å². The number of hydrogen-bond donors (Lipinski definition) is 2. The largest absolute Gasteiger partial charge is 0.406 e. The third kappa shape index (κ3) is 5.87. The summed E-state index contributed by atoms with van der Waals surface area (Å²) in [5.41, 5.74) is 2.08. The highest BCUT2D eigenvalue weighted by Gasteiger charge is 2.29. The van der Waals surface area contributed by atoms with E-state index in [2.05, 4.69) is 10.2 Å². The first-order valence-electron chi connectivity index (χ1n) is 10.2. The second kappa shape index (κ2) is 9.36. The molecule has 1 saturated heterocycles. The van der Waals surface area contributed by atoms with Crippen molar-refractivity contribution in [1.29, 1.82) is 0 Å². The molecule has 2 N–H and O–H groups in total. The van der Waals surface area contributed by atoms with Crippen LogP contribution in [0.25, 0.3) is 10.9 Å². The zero-order chi connectivity index (χ0) is 21.0. The first kappa shape index (κ1) is 21.9. The summed E-state index contributed by atoms with van der Waals surface area (Å²) in [7, 11) is 0. The Kier molecular flexibility index (Phi) is 7.08. The normalized spacial score (nSPS) is 17.7. The molecule has 3 rings (SSSR count). The number of nitrogens with zero attached hydrogens (tertiary/aromatic N) is 2. The Bertz CT molecular complexity index is 798. The van der Waals surface area contributed by atoms with Crippen molar-refractivity contribution in [2.45, 2.75) is 51.6 Å². The third-order valence-electron chi connectivity index (χ3n) is 5.42. The Labute approximate surface area is 169 Å². The Morgan fingerprint density at radius 1 is 1.28 bits per heavy atom. The fourth-order valence-electron chi connectivity index (χ4n) is 4.02. The maximum atomic E-state index is 12.9. The molecule has 1 aromatic carbocycles. The molecule has 0 radical (unpaired) electrons. The van der Waals surface area contributed by atoms with Crippen LogP contribution >= 0.6 is 0 Å². The van der Waals surface area contributed by atoms with Gasteiger partial charge < -0.3 is 24.6 Å². The molecule has 0 aliphatic carbocycles. The van der Waals surface area contributed by atoms with Gasteiger partial charge in [-0.3, -0.25) is 0 Å². The molecule has 0 amide bonds. The van der Waals surface area contributed by atoms with Crippen LogP contribution in [0.1, 0.15) is 25.5 Å². The van der Waals surface area contributed by atoms with E-state index >= 15 is 0 Å². The number of ether oxygens (including phenoxy) is 1. The van der Waals surface area contributed by atoms with Crippen molar-refractivity contribution in [2.75, 3.05) is 38.2 Å². The van der Waals surface area contributed by atoms with Gasteiger partial charge >= 0.3 is 6.18 Å². The van der Waals surface area contributed by atoms with Crippen molar-refractivity contribution in [1.82, 2.24) is 9.47 Å². The van der Waals surface area contributed by atoms with Crippen LogP contribution in [0.2, 0.25) is 0 Å². The second-order valence-electron chi connectivity index (χ2n) is 7.76. The number of β-amino-alcohol motifs (C(OH)–C–C–N with tert-alkyl or cyclic N) is 1. The Morgan fingerprint density at radius 3 is 2.66 bits per heavy atom. The second-order valence-corrected chi connectivity index (χ2v) is 7.76. The minimum atomic E-state index is -4.25. The third-order valence-corrected chi connectivity index (χ3v) is 5.42. The number of aromatic nitrogens is 1. The molecule has 1 aromatic heterocycles. The number of hydrogen-bond acceptors (Lipinski definition) is 4. The highest BCUT2D eigenvalue weighted by atomic mass is 19.4. The van der Waals surface area contributed by atoms with Gasteiger partial charge in [-0.25, -0.2) is 0 Å². The molecule has 0 spiro atoms. The number of aliphatic hydroxyl groups excluding tert-OH is 1. The van der Waals surface area contributed by atoms with Gasteiger partial charge in [0.05, 0.1) is 18.2 Å². The van der Waals surface area contributed by atoms with Crippen molar-refractivity contribution in [3.63, 3.8) is 0 Å². The van der Waals surface area contributed by atoms with Gasteiger partial charge in [-0.15, -0.1) is 0 Å². The molecule has 0 bridgehead atoms. The predicted octanol–water partition coefficient (Wildman–Crippen LogP) is 3.79. The lowest BCUT2D eigenvalue weighted by Gasteiger charge is -2.34. The maximum absolute atomic E-state index is 12.9. The summed E-state index contributed by atoms with van der Waals surface area (Å²) in [5.74, 6) is 0. The first-order chi connectivity index (χ1) is 13.8. The quantitative estimate of drug-likeness (QED) is 0.692. The van der Waals surface area contributed by atoms with Gasteiger partial charge in [0.1, 0.15) is 6.54 Å². The van der Waals surface area contributed by atoms with Gasteiger partial charge in [0.2, 0.25) is 0 Å². The number of fused-ring (bicyclic) bond motifs is 1. The van der Waals surface area contributed by atoms with Crippen molar-refractivity contribution in [2.24, 2.45) is 0 Å². The summed E-state index contributed by atoms with van der Waals surface area (Å²) in [6, 6.07) is 7.55. The summed E-state index contributed by atoms with van der Waals surface area (Å²) < 4.78 is 45.4. The van der Waals surface area contributed by atoms with Crippen molar-refractivity contribution in [3.05, 3.63) is 30.0 Å². The molecule has 1 atom stereocenters. The van der Waals surface area contributed by atoms with Crippen LogP contribution in [0.4, 0.5) is 18.9 Å². The van der Waals surface area contributed by atoms with E-state index in [1.807, 2.05) is 19.1 Å². The molecule has 1 aliphatic heterocycles. The molecule has 29 heavy (non-hydrogen) atoms. The highest BCUT2D eigenvalue weighted by Crippen LogP contribution is 2.31. The van der Waals surface area contributed by atoms with Crippen molar-refractivity contribution >= 4 is 16.6 Å². The standard InChI is InChI=1S/C21H30F3N3O2/c1-3-29-13-17(28)12-26-9-7-16(8-10-26)25-19-5-4-6-20-18(19)11-15(2)27(20)14-21(22,23)24/h4-6,11,16-17,25,28H,3,7-10,12-14H2,1-2H3. The number of halogens is 3. The van der Waals surface area contributed by atoms with E-state index in [9.17, 15) is 18.3 Å². The average molecular weight is 413 g/mol. The van der Waals surface area contributed by atoms with Crippen LogP contribution in [0.3, 0.4) is 0 Å². The summed E-state index contributed by atoms with van der Waals surface area (Å²) in [5, 5.41) is 14.3. The number of nitrogens with one attached hydrogen (secondary N) is 1. The van der Waals surface area contributed by atoms with E-state index in [1.165, 1.54) is 4.57 Å². The summed E-state index contributed by atoms with van der Waals surface area (Å²) in [6.07, 6.45) is -2.90. The molecule has 162 valence electrons. The molecule has 0 saturated carbocycles. The molecule has 2 aromatic rings. The fourth-order valence-corrected chi connectivity index (χ4v) is 4.02. The monoisotopic (exact) mass is 413 g/mol. The number of benzene rings is 1. The molecule has 1 fully saturated rings. The van der Waals surface area contributed by atoms with Gasteiger partial charge in [0, 0.05) is 49.1 Å². The van der Waals surface area contributed by atoms with Crippen LogP contribution < -0.4 is 5.32 Å². The minimum absolute atomic E-state index is 0.257. The van der Waals surface area contributed by atoms with Gasteiger partial charge in [-0.1, -0.05) is 6.07 Å². The number of anilines is 1. The zero-order valence-corrected chi connectivity index (χ0v) is 17.0. The predicted molar refractivity (Wildman–Crippen MR) is 108 cm³/mol. The Balaban J connectivity index is 1.62. The van der Waals surface area contributed by atoms with E-state index in [-0.39, 0.29) is 6.04 Å². The van der Waals surface area contributed by atoms with Crippen LogP contribution in [-0.2, 0) is 11.3 Å². The van der Waals surface area contributed by atoms with Gasteiger partial charge in [0.25, 0.3) is 0 Å². The average Bonchev–Trinajstić information content (AvgIpc) is 2.97. The van der Waals surface area contributed by atoms with Crippen LogP contribution in [0.5, 0.6) is 0 Å². The van der Waals surface area contributed by atoms with Crippen LogP contribution in [-0.4, -0.2) is 65.7 Å². The van der Waals surface area contributed by atoms with E-state index in [0.29, 0.717) is 31.0 Å². The lowest BCUT2D eigenvalue weighted by atomic mass is 10.0. The van der Waals surface area contributed by atoms with Crippen LogP contribution in [0, 0.1) is 6.92 Å². The fraction of sp³-hybridized carbons (Fsp3) is 0.619. The minimum Gasteiger partial charge on any atom is -0.389 e. The van der Waals surface area contributed by atoms with Crippen molar-refractivity contribution in [3.8, 4) is 0 Å². The molecular formula is C21H30F3N3O2. The highest BCUT2D eigenvalue weighted by molar-refractivity contribution is 5.93. The SMILES string of the molecule is CCOCC(O)CN1CCC(Nc2cccc3c2cc(C)n3CC(F)(F)F)CC1. The zero-order valence-electron chi connectivity index (χ0n) is 17.0. The molecule has 8 heteroatoms. The summed E-state index contributed by atoms with van der Waals surface area (Å²) >= 11 is 0. The summed E-state index contributed by atoms with van der Waals surface area (Å²) in [4.78, 5) is 2.23. The lowest BCUT2D eigenvalue weighted by molar-refractivity contribution is -0.140. The number of rotatable bonds is 8. The number of aryl methyl sites for hydroxylation is 1. The van der Waals surface area contributed by atoms with Gasteiger partial charge in [-0.05, 0) is 44.9 Å². The number of alkyl halides is 3. The molecule has 5 nitrogen and oxygen atoms in total. The van der Waals surface area contributed by atoms with Crippen molar-refractivity contribution < 1.29 is 23.0 Å². The molecule has 1 aliphatic rings. The number of likely N-dealkylation sites (tertiary alicyclic amines) is 1.